The van der Waals surface area contributed by atoms with Gasteiger partial charge in [-0.25, -0.2) is 0 Å². The fourth-order valence-electron chi connectivity index (χ4n) is 5.34. The van der Waals surface area contributed by atoms with Crippen LogP contribution in [0.1, 0.15) is 53.4 Å². The molecule has 0 aromatic heterocycles. The highest BCUT2D eigenvalue weighted by atomic mass is 16.3. The smallest absolute Gasteiger partial charge is 0.237 e. The Kier molecular flexibility index (Phi) is 3.69. The van der Waals surface area contributed by atoms with Crippen LogP contribution < -0.4 is 0 Å². The van der Waals surface area contributed by atoms with Gasteiger partial charge in [0, 0.05) is 16.6 Å². The Balaban J connectivity index is 2.29. The number of rotatable bonds is 1. The summed E-state index contributed by atoms with van der Waals surface area (Å²) in [5.41, 5.74) is 0.387. The van der Waals surface area contributed by atoms with Crippen LogP contribution in [0.2, 0.25) is 0 Å². The van der Waals surface area contributed by atoms with Crippen molar-refractivity contribution in [1.82, 2.24) is 0 Å². The van der Waals surface area contributed by atoms with E-state index in [0.717, 1.165) is 19.3 Å². The Bertz CT molecular complexity index is 722. The molecule has 3 atom stereocenters. The molecule has 2 N–H and O–H groups in total. The average Bonchev–Trinajstić information content (AvgIpc) is 2.45. The number of ketones is 2. The van der Waals surface area contributed by atoms with Crippen LogP contribution in [0, 0.1) is 16.7 Å². The zero-order valence-corrected chi connectivity index (χ0v) is 14.9. The summed E-state index contributed by atoms with van der Waals surface area (Å²) >= 11 is 0. The van der Waals surface area contributed by atoms with E-state index in [0.29, 0.717) is 17.6 Å². The molecule has 3 rings (SSSR count). The highest BCUT2D eigenvalue weighted by Gasteiger charge is 2.57. The van der Waals surface area contributed by atoms with E-state index in [4.69, 9.17) is 0 Å². The Morgan fingerprint density at radius 1 is 1.17 bits per heavy atom. The minimum Gasteiger partial charge on any atom is -0.507 e. The van der Waals surface area contributed by atoms with E-state index in [2.05, 4.69) is 20.4 Å². The maximum atomic E-state index is 12.9. The van der Waals surface area contributed by atoms with Gasteiger partial charge in [-0.1, -0.05) is 33.8 Å². The van der Waals surface area contributed by atoms with Crippen molar-refractivity contribution >= 4 is 11.6 Å². The molecule has 0 heterocycles. The van der Waals surface area contributed by atoms with Crippen molar-refractivity contribution in [2.75, 3.05) is 0 Å². The summed E-state index contributed by atoms with van der Waals surface area (Å²) in [7, 11) is 0. The highest BCUT2D eigenvalue weighted by molar-refractivity contribution is 6.51. The van der Waals surface area contributed by atoms with Gasteiger partial charge in [-0.3, -0.25) is 9.59 Å². The summed E-state index contributed by atoms with van der Waals surface area (Å²) in [6.07, 6.45) is 2.36. The molecule has 24 heavy (non-hydrogen) atoms. The normalized spacial score (nSPS) is 35.7. The van der Waals surface area contributed by atoms with Crippen LogP contribution in [-0.2, 0) is 9.59 Å². The number of allylic oxidation sites excluding steroid dienone is 3. The van der Waals surface area contributed by atoms with Crippen molar-refractivity contribution in [3.8, 4) is 0 Å². The summed E-state index contributed by atoms with van der Waals surface area (Å²) < 4.78 is 0. The highest BCUT2D eigenvalue weighted by Crippen LogP contribution is 2.61. The lowest BCUT2D eigenvalue weighted by Gasteiger charge is -2.56. The van der Waals surface area contributed by atoms with Gasteiger partial charge in [-0.2, -0.15) is 0 Å². The second kappa shape index (κ2) is 5.16. The SMILES string of the molecule is C=C(C)C1=C(O)C2=C(C(=O)C1=O)C1(C)CCCC(C)(C)C1CC2O. The zero-order chi connectivity index (χ0) is 18.0. The molecule has 130 valence electrons. The lowest BCUT2D eigenvalue weighted by molar-refractivity contribution is -0.134. The molecule has 0 amide bonds. The Hall–Kier alpha value is -1.68. The Labute approximate surface area is 142 Å². The third-order valence-electron chi connectivity index (χ3n) is 6.44. The molecule has 0 aliphatic heterocycles. The van der Waals surface area contributed by atoms with Gasteiger partial charge in [-0.05, 0) is 43.1 Å². The van der Waals surface area contributed by atoms with Gasteiger partial charge < -0.3 is 10.2 Å². The average molecular weight is 330 g/mol. The van der Waals surface area contributed by atoms with E-state index in [1.165, 1.54) is 0 Å². The first kappa shape index (κ1) is 17.2. The van der Waals surface area contributed by atoms with Gasteiger partial charge in [0.2, 0.25) is 11.6 Å². The summed E-state index contributed by atoms with van der Waals surface area (Å²) in [5, 5.41) is 21.4. The predicted octanol–water partition coefficient (Wildman–Crippen LogP) is 3.42. The van der Waals surface area contributed by atoms with E-state index in [1.807, 2.05) is 6.92 Å². The van der Waals surface area contributed by atoms with Gasteiger partial charge in [0.05, 0.1) is 11.7 Å². The summed E-state index contributed by atoms with van der Waals surface area (Å²) in [5.74, 6) is -1.43. The molecule has 4 heteroatoms. The van der Waals surface area contributed by atoms with Crippen molar-refractivity contribution in [1.29, 1.82) is 0 Å². The molecular formula is C20H26O4. The van der Waals surface area contributed by atoms with E-state index in [-0.39, 0.29) is 28.2 Å². The fraction of sp³-hybridized carbons (Fsp3) is 0.600. The monoisotopic (exact) mass is 330 g/mol. The lowest BCUT2D eigenvalue weighted by Crippen LogP contribution is -2.52. The summed E-state index contributed by atoms with van der Waals surface area (Å²) in [6.45, 7) is 11.6. The molecule has 0 aromatic rings. The number of fused-ring (bicyclic) bond motifs is 2. The molecule has 0 radical (unpaired) electrons. The number of hydrogen-bond donors (Lipinski definition) is 2. The fourth-order valence-corrected chi connectivity index (χ4v) is 5.34. The van der Waals surface area contributed by atoms with Gasteiger partial charge >= 0.3 is 0 Å². The molecule has 0 saturated heterocycles. The van der Waals surface area contributed by atoms with Crippen molar-refractivity contribution in [3.05, 3.63) is 34.6 Å². The Morgan fingerprint density at radius 2 is 1.79 bits per heavy atom. The second-order valence-corrected chi connectivity index (χ2v) is 8.51. The number of hydrogen-bond acceptors (Lipinski definition) is 4. The van der Waals surface area contributed by atoms with Crippen molar-refractivity contribution < 1.29 is 19.8 Å². The third-order valence-corrected chi connectivity index (χ3v) is 6.44. The van der Waals surface area contributed by atoms with Crippen LogP contribution in [0.5, 0.6) is 0 Å². The minimum atomic E-state index is -0.929. The van der Waals surface area contributed by atoms with E-state index >= 15 is 0 Å². The van der Waals surface area contributed by atoms with Crippen molar-refractivity contribution in [2.45, 2.75) is 59.5 Å². The first-order valence-electron chi connectivity index (χ1n) is 8.63. The number of carbonyl (C=O) groups is 2. The predicted molar refractivity (Wildman–Crippen MR) is 91.4 cm³/mol. The van der Waals surface area contributed by atoms with E-state index in [1.54, 1.807) is 6.92 Å². The largest absolute Gasteiger partial charge is 0.507 e. The summed E-state index contributed by atoms with van der Waals surface area (Å²) in [4.78, 5) is 25.5. The zero-order valence-electron chi connectivity index (χ0n) is 14.9. The van der Waals surface area contributed by atoms with Crippen LogP contribution in [0.4, 0.5) is 0 Å². The molecule has 3 aliphatic rings. The van der Waals surface area contributed by atoms with Gasteiger partial charge in [-0.15, -0.1) is 0 Å². The molecule has 1 fully saturated rings. The molecule has 0 spiro atoms. The van der Waals surface area contributed by atoms with Crippen LogP contribution in [0.3, 0.4) is 0 Å². The van der Waals surface area contributed by atoms with Crippen LogP contribution in [0.15, 0.2) is 34.6 Å². The molecule has 4 nitrogen and oxygen atoms in total. The first-order chi connectivity index (χ1) is 11.0. The second-order valence-electron chi connectivity index (χ2n) is 8.51. The quantitative estimate of drug-likeness (QED) is 0.571. The standard InChI is InChI=1S/C20H26O4/c1-10(2)13-16(22)14-11(21)9-12-19(3,4)7-6-8-20(12,5)15(14)18(24)17(13)23/h11-12,21-22H,1,6-9H2,2-5H3. The lowest BCUT2D eigenvalue weighted by atomic mass is 9.48. The van der Waals surface area contributed by atoms with Crippen LogP contribution >= 0.6 is 0 Å². The molecule has 3 aliphatic carbocycles. The third kappa shape index (κ3) is 2.08. The molecule has 0 aromatic carbocycles. The minimum absolute atomic E-state index is 0.0240. The molecule has 0 bridgehead atoms. The molecule has 1 saturated carbocycles. The topological polar surface area (TPSA) is 74.6 Å². The van der Waals surface area contributed by atoms with E-state index < -0.39 is 23.1 Å². The number of carbonyl (C=O) groups excluding carboxylic acids is 2. The van der Waals surface area contributed by atoms with Gasteiger partial charge in [0.25, 0.3) is 0 Å². The number of aliphatic hydroxyl groups is 2. The van der Waals surface area contributed by atoms with Crippen molar-refractivity contribution in [3.63, 3.8) is 0 Å². The Morgan fingerprint density at radius 3 is 2.38 bits per heavy atom. The first-order valence-corrected chi connectivity index (χ1v) is 8.63. The van der Waals surface area contributed by atoms with Crippen molar-refractivity contribution in [2.24, 2.45) is 16.7 Å². The molecule has 3 unspecified atom stereocenters. The van der Waals surface area contributed by atoms with Crippen LogP contribution in [0.25, 0.3) is 0 Å². The van der Waals surface area contributed by atoms with Gasteiger partial charge in [0.15, 0.2) is 0 Å². The maximum Gasteiger partial charge on any atom is 0.237 e. The van der Waals surface area contributed by atoms with E-state index in [9.17, 15) is 19.8 Å². The number of aliphatic hydroxyl groups excluding tert-OH is 2. The van der Waals surface area contributed by atoms with Gasteiger partial charge in [0.1, 0.15) is 5.76 Å². The molecular weight excluding hydrogens is 304 g/mol. The number of Topliss-reactive ketones (excluding diaryl/α,β-unsaturated/α-hetero) is 2. The van der Waals surface area contributed by atoms with Crippen LogP contribution in [-0.4, -0.2) is 27.9 Å². The summed E-state index contributed by atoms with van der Waals surface area (Å²) in [6, 6.07) is 0. The maximum absolute atomic E-state index is 12.9.